The Hall–Kier alpha value is 0.0500. The van der Waals surface area contributed by atoms with Gasteiger partial charge in [0.25, 0.3) is 0 Å². The third kappa shape index (κ3) is 3.75. The van der Waals surface area contributed by atoms with Crippen LogP contribution in [0, 0.1) is 6.92 Å². The van der Waals surface area contributed by atoms with E-state index in [4.69, 9.17) is 0 Å². The molecule has 0 spiro atoms. The summed E-state index contributed by atoms with van der Waals surface area (Å²) >= 11 is 4.58. The van der Waals surface area contributed by atoms with Crippen LogP contribution in [-0.2, 0) is 10.0 Å². The fraction of sp³-hybridized carbons (Fsp3) is 0.600. The summed E-state index contributed by atoms with van der Waals surface area (Å²) in [5.74, 6) is 0. The number of sulfonamides is 1. The normalized spacial score (nSPS) is 16.4. The molecule has 0 amide bonds. The first-order valence-electron chi connectivity index (χ1n) is 5.48. The zero-order valence-electron chi connectivity index (χ0n) is 9.49. The third-order valence-electron chi connectivity index (χ3n) is 2.53. The quantitative estimate of drug-likeness (QED) is 0.778. The van der Waals surface area contributed by atoms with Gasteiger partial charge in [-0.25, -0.2) is 13.1 Å². The SMILES string of the molecule is Cc1cc(S(=O)(=O)NCCNC2CC2)sc1Br. The molecule has 0 saturated heterocycles. The van der Waals surface area contributed by atoms with E-state index in [0.717, 1.165) is 9.35 Å². The number of halogens is 1. The zero-order valence-corrected chi connectivity index (χ0v) is 12.7. The maximum atomic E-state index is 11.9. The van der Waals surface area contributed by atoms with E-state index >= 15 is 0 Å². The molecule has 0 radical (unpaired) electrons. The van der Waals surface area contributed by atoms with Crippen LogP contribution in [0.3, 0.4) is 0 Å². The van der Waals surface area contributed by atoms with Crippen LogP contribution >= 0.6 is 27.3 Å². The minimum Gasteiger partial charge on any atom is -0.313 e. The van der Waals surface area contributed by atoms with Gasteiger partial charge in [-0.3, -0.25) is 0 Å². The molecule has 0 aliphatic heterocycles. The average molecular weight is 339 g/mol. The lowest BCUT2D eigenvalue weighted by molar-refractivity contribution is 0.577. The summed E-state index contributed by atoms with van der Waals surface area (Å²) < 4.78 is 27.7. The summed E-state index contributed by atoms with van der Waals surface area (Å²) in [6.45, 7) is 3.01. The molecule has 2 N–H and O–H groups in total. The second kappa shape index (κ2) is 5.36. The van der Waals surface area contributed by atoms with Gasteiger partial charge in [0.2, 0.25) is 10.0 Å². The summed E-state index contributed by atoms with van der Waals surface area (Å²) in [5, 5.41) is 3.26. The molecule has 2 rings (SSSR count). The van der Waals surface area contributed by atoms with Gasteiger partial charge >= 0.3 is 0 Å². The second-order valence-electron chi connectivity index (χ2n) is 4.15. The fourth-order valence-corrected chi connectivity index (χ4v) is 4.69. The molecule has 1 aromatic rings. The van der Waals surface area contributed by atoms with E-state index in [1.165, 1.54) is 24.2 Å². The van der Waals surface area contributed by atoms with Gasteiger partial charge in [0.05, 0.1) is 3.79 Å². The van der Waals surface area contributed by atoms with E-state index in [-0.39, 0.29) is 0 Å². The summed E-state index contributed by atoms with van der Waals surface area (Å²) in [7, 11) is -3.34. The number of aryl methyl sites for hydroxylation is 1. The number of thiophene rings is 1. The van der Waals surface area contributed by atoms with Gasteiger partial charge in [0.15, 0.2) is 0 Å². The second-order valence-corrected chi connectivity index (χ2v) is 8.51. The van der Waals surface area contributed by atoms with Gasteiger partial charge in [0.1, 0.15) is 4.21 Å². The minimum absolute atomic E-state index is 0.369. The average Bonchev–Trinajstić information content (AvgIpc) is 3.01. The van der Waals surface area contributed by atoms with Crippen LogP contribution in [-0.4, -0.2) is 27.5 Å². The molecule has 0 unspecified atom stereocenters. The van der Waals surface area contributed by atoms with Crippen molar-refractivity contribution in [3.63, 3.8) is 0 Å². The van der Waals surface area contributed by atoms with Crippen LogP contribution in [0.1, 0.15) is 18.4 Å². The Balaban J connectivity index is 1.88. The third-order valence-corrected chi connectivity index (χ3v) is 6.60. The van der Waals surface area contributed by atoms with Crippen LogP contribution in [0.25, 0.3) is 0 Å². The molecule has 17 heavy (non-hydrogen) atoms. The Morgan fingerprint density at radius 1 is 1.47 bits per heavy atom. The van der Waals surface area contributed by atoms with Crippen LogP contribution in [0.15, 0.2) is 14.1 Å². The zero-order chi connectivity index (χ0) is 12.5. The van der Waals surface area contributed by atoms with Crippen molar-refractivity contribution in [2.24, 2.45) is 0 Å². The van der Waals surface area contributed by atoms with E-state index in [0.29, 0.717) is 23.3 Å². The Kier molecular flexibility index (Phi) is 4.25. The monoisotopic (exact) mass is 338 g/mol. The van der Waals surface area contributed by atoms with Gasteiger partial charge in [-0.05, 0) is 47.3 Å². The largest absolute Gasteiger partial charge is 0.313 e. The van der Waals surface area contributed by atoms with Crippen molar-refractivity contribution in [3.05, 3.63) is 15.4 Å². The Morgan fingerprint density at radius 2 is 2.18 bits per heavy atom. The summed E-state index contributed by atoms with van der Waals surface area (Å²) in [4.78, 5) is 0. The number of nitrogens with one attached hydrogen (secondary N) is 2. The van der Waals surface area contributed by atoms with Gasteiger partial charge < -0.3 is 5.32 Å². The highest BCUT2D eigenvalue weighted by atomic mass is 79.9. The number of rotatable bonds is 6. The van der Waals surface area contributed by atoms with Crippen molar-refractivity contribution in [2.45, 2.75) is 30.0 Å². The fourth-order valence-electron chi connectivity index (χ4n) is 1.38. The van der Waals surface area contributed by atoms with Crippen molar-refractivity contribution in [3.8, 4) is 0 Å². The standard InChI is InChI=1S/C10H15BrN2O2S2/c1-7-6-9(16-10(7)11)17(14,15)13-5-4-12-8-2-3-8/h6,8,12-13H,2-5H2,1H3. The molecule has 0 aromatic carbocycles. The van der Waals surface area contributed by atoms with E-state index in [2.05, 4.69) is 26.0 Å². The molecule has 96 valence electrons. The van der Waals surface area contributed by atoms with Gasteiger partial charge in [-0.2, -0.15) is 0 Å². The molecular weight excluding hydrogens is 324 g/mol. The van der Waals surface area contributed by atoms with Crippen molar-refractivity contribution in [1.29, 1.82) is 0 Å². The van der Waals surface area contributed by atoms with Crippen molar-refractivity contribution in [1.82, 2.24) is 10.0 Å². The Bertz CT molecular complexity index is 475. The molecule has 0 bridgehead atoms. The van der Waals surface area contributed by atoms with Crippen molar-refractivity contribution in [2.75, 3.05) is 13.1 Å². The van der Waals surface area contributed by atoms with Crippen molar-refractivity contribution < 1.29 is 8.42 Å². The van der Waals surface area contributed by atoms with E-state index < -0.39 is 10.0 Å². The molecule has 1 aromatic heterocycles. The highest BCUT2D eigenvalue weighted by Crippen LogP contribution is 2.30. The number of hydrogen-bond acceptors (Lipinski definition) is 4. The van der Waals surface area contributed by atoms with E-state index in [1.54, 1.807) is 6.07 Å². The van der Waals surface area contributed by atoms with Crippen LogP contribution in [0.2, 0.25) is 0 Å². The van der Waals surface area contributed by atoms with Crippen LogP contribution in [0.4, 0.5) is 0 Å². The Morgan fingerprint density at radius 3 is 2.71 bits per heavy atom. The summed E-state index contributed by atoms with van der Waals surface area (Å²) in [6, 6.07) is 2.29. The molecule has 1 fully saturated rings. The molecule has 1 aliphatic rings. The molecule has 1 saturated carbocycles. The Labute approximate surface area is 114 Å². The minimum atomic E-state index is -3.34. The maximum Gasteiger partial charge on any atom is 0.250 e. The lowest BCUT2D eigenvalue weighted by atomic mass is 10.4. The highest BCUT2D eigenvalue weighted by molar-refractivity contribution is 9.11. The van der Waals surface area contributed by atoms with Crippen LogP contribution in [0.5, 0.6) is 0 Å². The molecular formula is C10H15BrN2O2S2. The predicted molar refractivity (Wildman–Crippen MR) is 73.0 cm³/mol. The summed E-state index contributed by atoms with van der Waals surface area (Å²) in [5.41, 5.74) is 0.950. The molecule has 1 aliphatic carbocycles. The summed E-state index contributed by atoms with van der Waals surface area (Å²) in [6.07, 6.45) is 2.42. The van der Waals surface area contributed by atoms with Crippen LogP contribution < -0.4 is 10.0 Å². The molecule has 4 nitrogen and oxygen atoms in total. The molecule has 1 heterocycles. The first-order chi connectivity index (χ1) is 7.99. The lowest BCUT2D eigenvalue weighted by Gasteiger charge is -2.05. The van der Waals surface area contributed by atoms with Gasteiger partial charge in [-0.15, -0.1) is 11.3 Å². The van der Waals surface area contributed by atoms with Crippen molar-refractivity contribution >= 4 is 37.3 Å². The highest BCUT2D eigenvalue weighted by Gasteiger charge is 2.21. The molecule has 7 heteroatoms. The lowest BCUT2D eigenvalue weighted by Crippen LogP contribution is -2.32. The smallest absolute Gasteiger partial charge is 0.250 e. The van der Waals surface area contributed by atoms with E-state index in [1.807, 2.05) is 6.92 Å². The number of hydrogen-bond donors (Lipinski definition) is 2. The maximum absolute atomic E-state index is 11.9. The topological polar surface area (TPSA) is 58.2 Å². The predicted octanol–water partition coefficient (Wildman–Crippen LogP) is 1.85. The molecule has 0 atom stereocenters. The van der Waals surface area contributed by atoms with Gasteiger partial charge in [0, 0.05) is 19.1 Å². The first kappa shape index (κ1) is 13.5. The first-order valence-corrected chi connectivity index (χ1v) is 8.57. The van der Waals surface area contributed by atoms with Gasteiger partial charge in [-0.1, -0.05) is 0 Å². The van der Waals surface area contributed by atoms with E-state index in [9.17, 15) is 8.42 Å².